The molecule has 0 radical (unpaired) electrons. The summed E-state index contributed by atoms with van der Waals surface area (Å²) in [4.78, 5) is 11.5. The summed E-state index contributed by atoms with van der Waals surface area (Å²) in [5.41, 5.74) is 0.736. The van der Waals surface area contributed by atoms with Gasteiger partial charge in [-0.2, -0.15) is 0 Å². The van der Waals surface area contributed by atoms with E-state index in [0.29, 0.717) is 19.1 Å². The van der Waals surface area contributed by atoms with Gasteiger partial charge in [-0.3, -0.25) is 0 Å². The van der Waals surface area contributed by atoms with Crippen LogP contribution in [0.5, 0.6) is 0 Å². The smallest absolute Gasteiger partial charge is 0.407 e. The van der Waals surface area contributed by atoms with E-state index in [9.17, 15) is 4.79 Å². The Balaban J connectivity index is 2.19. The Labute approximate surface area is 132 Å². The molecule has 0 aliphatic rings. The van der Waals surface area contributed by atoms with Gasteiger partial charge in [0.2, 0.25) is 0 Å². The molecule has 0 fully saturated rings. The fraction of sp³-hybridized carbons (Fsp3) is 0.562. The second kappa shape index (κ2) is 8.25. The second-order valence-electron chi connectivity index (χ2n) is 6.12. The number of halogens is 1. The van der Waals surface area contributed by atoms with Crippen LogP contribution in [0.15, 0.2) is 24.3 Å². The van der Waals surface area contributed by atoms with E-state index in [1.807, 2.05) is 39.0 Å². The van der Waals surface area contributed by atoms with E-state index in [0.717, 1.165) is 11.4 Å². The summed E-state index contributed by atoms with van der Waals surface area (Å²) in [5, 5.41) is 6.83. The van der Waals surface area contributed by atoms with Gasteiger partial charge in [-0.05, 0) is 51.8 Å². The molecule has 0 heterocycles. The molecule has 4 nitrogen and oxygen atoms in total. The van der Waals surface area contributed by atoms with Crippen LogP contribution in [0.25, 0.3) is 0 Å². The fourth-order valence-corrected chi connectivity index (χ4v) is 2.10. The summed E-state index contributed by atoms with van der Waals surface area (Å²) in [7, 11) is 0. The van der Waals surface area contributed by atoms with Crippen molar-refractivity contribution in [2.24, 2.45) is 0 Å². The molecule has 0 saturated heterocycles. The lowest BCUT2D eigenvalue weighted by Gasteiger charge is -2.20. The molecule has 0 saturated carbocycles. The Morgan fingerprint density at radius 1 is 1.33 bits per heavy atom. The third kappa shape index (κ3) is 8.58. The van der Waals surface area contributed by atoms with Crippen molar-refractivity contribution in [2.45, 2.75) is 45.8 Å². The Morgan fingerprint density at radius 2 is 2.05 bits per heavy atom. The average Bonchev–Trinajstić information content (AvgIpc) is 2.32. The highest BCUT2D eigenvalue weighted by Crippen LogP contribution is 2.12. The zero-order valence-corrected chi connectivity index (χ0v) is 14.0. The number of hydrogen-bond acceptors (Lipinski definition) is 3. The monoisotopic (exact) mass is 312 g/mol. The molecule has 0 aromatic heterocycles. The first-order valence-corrected chi connectivity index (χ1v) is 7.59. The van der Waals surface area contributed by atoms with Crippen LogP contribution in [0.1, 0.15) is 33.3 Å². The minimum atomic E-state index is -0.461. The molecule has 118 valence electrons. The van der Waals surface area contributed by atoms with Crippen molar-refractivity contribution in [1.29, 1.82) is 0 Å². The number of nitrogens with one attached hydrogen (secondary N) is 2. The molecule has 1 atom stereocenters. The number of alkyl carbamates (subject to hydrolysis) is 1. The summed E-state index contributed by atoms with van der Waals surface area (Å²) in [6, 6.07) is 8.16. The highest BCUT2D eigenvalue weighted by molar-refractivity contribution is 6.30. The van der Waals surface area contributed by atoms with Gasteiger partial charge in [-0.15, -0.1) is 0 Å². The van der Waals surface area contributed by atoms with Crippen LogP contribution in [-0.2, 0) is 11.2 Å². The number of carbonyl (C=O) groups is 1. The van der Waals surface area contributed by atoms with Crippen LogP contribution in [0.4, 0.5) is 4.79 Å². The Bertz CT molecular complexity index is 458. The molecule has 0 aliphatic heterocycles. The van der Waals surface area contributed by atoms with Gasteiger partial charge >= 0.3 is 6.09 Å². The Hall–Kier alpha value is -1.26. The van der Waals surface area contributed by atoms with Crippen LogP contribution >= 0.6 is 11.6 Å². The van der Waals surface area contributed by atoms with E-state index in [2.05, 4.69) is 23.6 Å². The van der Waals surface area contributed by atoms with Gasteiger partial charge in [0, 0.05) is 24.2 Å². The molecule has 1 aromatic rings. The molecule has 1 aromatic carbocycles. The summed E-state index contributed by atoms with van der Waals surface area (Å²) >= 11 is 5.96. The van der Waals surface area contributed by atoms with E-state index < -0.39 is 5.60 Å². The maximum Gasteiger partial charge on any atom is 0.407 e. The number of benzene rings is 1. The maximum atomic E-state index is 11.5. The van der Waals surface area contributed by atoms with E-state index in [1.54, 1.807) is 0 Å². The van der Waals surface area contributed by atoms with Crippen LogP contribution in [-0.4, -0.2) is 30.8 Å². The molecule has 0 spiro atoms. The normalized spacial score (nSPS) is 12.8. The van der Waals surface area contributed by atoms with E-state index >= 15 is 0 Å². The molecule has 0 aliphatic carbocycles. The zero-order valence-electron chi connectivity index (χ0n) is 13.2. The molecule has 2 N–H and O–H groups in total. The number of amides is 1. The Kier molecular flexibility index (Phi) is 6.99. The molecular weight excluding hydrogens is 288 g/mol. The lowest BCUT2D eigenvalue weighted by molar-refractivity contribution is 0.0528. The standard InChI is InChI=1S/C16H25ClN2O2/c1-12(10-13-6-5-7-14(17)11-13)18-8-9-19-15(20)21-16(2,3)4/h5-7,11-12,18H,8-10H2,1-4H3,(H,19,20). The molecule has 1 rings (SSSR count). The van der Waals surface area contributed by atoms with Crippen molar-refractivity contribution in [3.8, 4) is 0 Å². The third-order valence-electron chi connectivity index (χ3n) is 2.72. The number of hydrogen-bond donors (Lipinski definition) is 2. The van der Waals surface area contributed by atoms with Crippen molar-refractivity contribution in [3.63, 3.8) is 0 Å². The molecule has 21 heavy (non-hydrogen) atoms. The highest BCUT2D eigenvalue weighted by atomic mass is 35.5. The van der Waals surface area contributed by atoms with Crippen LogP contribution < -0.4 is 10.6 Å². The lowest BCUT2D eigenvalue weighted by Crippen LogP contribution is -2.39. The first-order chi connectivity index (χ1) is 9.76. The summed E-state index contributed by atoms with van der Waals surface area (Å²) in [6.07, 6.45) is 0.513. The first kappa shape index (κ1) is 17.8. The quantitative estimate of drug-likeness (QED) is 0.792. The topological polar surface area (TPSA) is 50.4 Å². The van der Waals surface area contributed by atoms with Crippen LogP contribution in [0.3, 0.4) is 0 Å². The summed E-state index contributed by atoms with van der Waals surface area (Å²) in [5.74, 6) is 0. The van der Waals surface area contributed by atoms with Crippen molar-refractivity contribution < 1.29 is 9.53 Å². The maximum absolute atomic E-state index is 11.5. The van der Waals surface area contributed by atoms with Gasteiger partial charge in [0.25, 0.3) is 0 Å². The van der Waals surface area contributed by atoms with Gasteiger partial charge < -0.3 is 15.4 Å². The second-order valence-corrected chi connectivity index (χ2v) is 6.55. The van der Waals surface area contributed by atoms with E-state index in [-0.39, 0.29) is 6.09 Å². The van der Waals surface area contributed by atoms with Crippen LogP contribution in [0, 0.1) is 0 Å². The summed E-state index contributed by atoms with van der Waals surface area (Å²) in [6.45, 7) is 8.87. The van der Waals surface area contributed by atoms with Gasteiger partial charge in [0.05, 0.1) is 0 Å². The van der Waals surface area contributed by atoms with E-state index in [4.69, 9.17) is 16.3 Å². The minimum absolute atomic E-state index is 0.309. The van der Waals surface area contributed by atoms with Gasteiger partial charge in [-0.25, -0.2) is 4.79 Å². The number of ether oxygens (including phenoxy) is 1. The van der Waals surface area contributed by atoms with Crippen molar-refractivity contribution >= 4 is 17.7 Å². The third-order valence-corrected chi connectivity index (χ3v) is 2.95. The van der Waals surface area contributed by atoms with Crippen molar-refractivity contribution in [2.75, 3.05) is 13.1 Å². The first-order valence-electron chi connectivity index (χ1n) is 7.21. The van der Waals surface area contributed by atoms with Gasteiger partial charge in [0.1, 0.15) is 5.60 Å². The molecule has 1 amide bonds. The predicted octanol–water partition coefficient (Wildman–Crippen LogP) is 3.39. The average molecular weight is 313 g/mol. The largest absolute Gasteiger partial charge is 0.444 e. The molecule has 0 bridgehead atoms. The highest BCUT2D eigenvalue weighted by Gasteiger charge is 2.15. The molecule has 1 unspecified atom stereocenters. The van der Waals surface area contributed by atoms with Crippen molar-refractivity contribution in [1.82, 2.24) is 10.6 Å². The fourth-order valence-electron chi connectivity index (χ4n) is 1.89. The Morgan fingerprint density at radius 3 is 2.67 bits per heavy atom. The lowest BCUT2D eigenvalue weighted by atomic mass is 10.1. The van der Waals surface area contributed by atoms with Gasteiger partial charge in [0.15, 0.2) is 0 Å². The minimum Gasteiger partial charge on any atom is -0.444 e. The van der Waals surface area contributed by atoms with Gasteiger partial charge in [-0.1, -0.05) is 23.7 Å². The van der Waals surface area contributed by atoms with Crippen molar-refractivity contribution in [3.05, 3.63) is 34.9 Å². The van der Waals surface area contributed by atoms with Crippen LogP contribution in [0.2, 0.25) is 5.02 Å². The SMILES string of the molecule is CC(Cc1cccc(Cl)c1)NCCNC(=O)OC(C)(C)C. The zero-order chi connectivity index (χ0) is 15.9. The molecule has 5 heteroatoms. The summed E-state index contributed by atoms with van der Waals surface area (Å²) < 4.78 is 5.16. The predicted molar refractivity (Wildman–Crippen MR) is 86.9 cm³/mol. The number of carbonyl (C=O) groups excluding carboxylic acids is 1. The van der Waals surface area contributed by atoms with E-state index in [1.165, 1.54) is 5.56 Å². The molecular formula is C16H25ClN2O2. The number of rotatable bonds is 6.